The van der Waals surface area contributed by atoms with Crippen LogP contribution in [0.25, 0.3) is 11.0 Å². The Morgan fingerprint density at radius 1 is 1.10 bits per heavy atom. The van der Waals surface area contributed by atoms with E-state index >= 15 is 0 Å². The zero-order valence-corrected chi connectivity index (χ0v) is 10.9. The average molecular weight is 273 g/mol. The molecule has 3 aromatic rings. The second kappa shape index (κ2) is 4.72. The highest BCUT2D eigenvalue weighted by Crippen LogP contribution is 2.29. The fourth-order valence-electron chi connectivity index (χ4n) is 2.25. The number of rotatable bonds is 2. The minimum atomic E-state index is -0.717. The maximum Gasteiger partial charge on any atom is 0.134 e. The minimum Gasteiger partial charge on any atom is -0.459 e. The third kappa shape index (κ3) is 2.08. The van der Waals surface area contributed by atoms with E-state index in [0.29, 0.717) is 27.9 Å². The molecule has 1 aromatic heterocycles. The summed E-state index contributed by atoms with van der Waals surface area (Å²) >= 11 is 0. The van der Waals surface area contributed by atoms with Gasteiger partial charge in [0.1, 0.15) is 23.0 Å². The first-order valence-corrected chi connectivity index (χ1v) is 6.26. The quantitative estimate of drug-likeness (QED) is 0.764. The van der Waals surface area contributed by atoms with Crippen molar-refractivity contribution in [2.45, 2.75) is 13.0 Å². The van der Waals surface area contributed by atoms with Crippen LogP contribution in [0.3, 0.4) is 0 Å². The van der Waals surface area contributed by atoms with Crippen LogP contribution in [0.2, 0.25) is 0 Å². The Kier molecular flexibility index (Phi) is 3.03. The fourth-order valence-corrected chi connectivity index (χ4v) is 2.25. The molecule has 1 atom stereocenters. The lowest BCUT2D eigenvalue weighted by atomic mass is 10.0. The molecule has 0 bridgehead atoms. The Labute approximate surface area is 114 Å². The molecule has 0 aliphatic carbocycles. The summed E-state index contributed by atoms with van der Waals surface area (Å²) in [6, 6.07) is 10.2. The summed E-state index contributed by atoms with van der Waals surface area (Å²) in [5, 5.41) is 0.614. The molecule has 2 aromatic carbocycles. The van der Waals surface area contributed by atoms with Gasteiger partial charge in [-0.25, -0.2) is 8.78 Å². The zero-order valence-electron chi connectivity index (χ0n) is 10.9. The highest BCUT2D eigenvalue weighted by atomic mass is 19.1. The number of hydrogen-bond acceptors (Lipinski definition) is 2. The van der Waals surface area contributed by atoms with Crippen molar-refractivity contribution >= 4 is 11.0 Å². The molecule has 0 saturated heterocycles. The van der Waals surface area contributed by atoms with E-state index in [0.717, 1.165) is 0 Å². The minimum absolute atomic E-state index is 0.341. The molecule has 2 N–H and O–H groups in total. The maximum atomic E-state index is 14.1. The Morgan fingerprint density at radius 3 is 2.70 bits per heavy atom. The number of nitrogens with two attached hydrogens (primary N) is 1. The SMILES string of the molecule is Cc1cccc(C(N)c2cc3cc(F)ccc3o2)c1F. The number of fused-ring (bicyclic) bond motifs is 1. The molecule has 0 saturated carbocycles. The van der Waals surface area contributed by atoms with E-state index in [2.05, 4.69) is 0 Å². The predicted molar refractivity (Wildman–Crippen MR) is 73.3 cm³/mol. The molecule has 0 amide bonds. The van der Waals surface area contributed by atoms with Gasteiger partial charge in [0.2, 0.25) is 0 Å². The number of furan rings is 1. The lowest BCUT2D eigenvalue weighted by Gasteiger charge is -2.11. The first kappa shape index (κ1) is 12.8. The summed E-state index contributed by atoms with van der Waals surface area (Å²) < 4.78 is 32.8. The predicted octanol–water partition coefficient (Wildman–Crippen LogP) is 4.07. The van der Waals surface area contributed by atoms with Gasteiger partial charge in [-0.1, -0.05) is 18.2 Å². The third-order valence-corrected chi connectivity index (χ3v) is 3.36. The lowest BCUT2D eigenvalue weighted by Crippen LogP contribution is -2.13. The van der Waals surface area contributed by atoms with Crippen LogP contribution in [-0.2, 0) is 0 Å². The van der Waals surface area contributed by atoms with Crippen LogP contribution in [0.15, 0.2) is 46.9 Å². The monoisotopic (exact) mass is 273 g/mol. The standard InChI is InChI=1S/C16H13F2NO/c1-9-3-2-4-12(15(9)18)16(19)14-8-10-7-11(17)5-6-13(10)20-14/h2-8,16H,19H2,1H3. The molecule has 0 aliphatic heterocycles. The average Bonchev–Trinajstić information content (AvgIpc) is 2.84. The van der Waals surface area contributed by atoms with Gasteiger partial charge >= 0.3 is 0 Å². The molecule has 0 aliphatic rings. The van der Waals surface area contributed by atoms with E-state index in [1.807, 2.05) is 0 Å². The van der Waals surface area contributed by atoms with Crippen molar-refractivity contribution in [1.82, 2.24) is 0 Å². The first-order chi connectivity index (χ1) is 9.56. The van der Waals surface area contributed by atoms with Gasteiger partial charge in [-0.2, -0.15) is 0 Å². The van der Waals surface area contributed by atoms with Crippen LogP contribution in [0.1, 0.15) is 22.9 Å². The largest absolute Gasteiger partial charge is 0.459 e. The summed E-state index contributed by atoms with van der Waals surface area (Å²) in [6.07, 6.45) is 0. The van der Waals surface area contributed by atoms with Gasteiger partial charge in [0, 0.05) is 10.9 Å². The van der Waals surface area contributed by atoms with Crippen LogP contribution in [0.4, 0.5) is 8.78 Å². The van der Waals surface area contributed by atoms with Gasteiger partial charge in [-0.05, 0) is 36.8 Å². The van der Waals surface area contributed by atoms with E-state index in [1.54, 1.807) is 31.2 Å². The van der Waals surface area contributed by atoms with Crippen LogP contribution in [0, 0.1) is 18.6 Å². The van der Waals surface area contributed by atoms with E-state index in [4.69, 9.17) is 10.2 Å². The zero-order chi connectivity index (χ0) is 14.3. The van der Waals surface area contributed by atoms with E-state index in [1.165, 1.54) is 18.2 Å². The van der Waals surface area contributed by atoms with Crippen molar-refractivity contribution in [2.24, 2.45) is 5.73 Å². The van der Waals surface area contributed by atoms with Crippen LogP contribution < -0.4 is 5.73 Å². The number of hydrogen-bond donors (Lipinski definition) is 1. The topological polar surface area (TPSA) is 39.2 Å². The summed E-state index contributed by atoms with van der Waals surface area (Å²) in [4.78, 5) is 0. The second-order valence-corrected chi connectivity index (χ2v) is 4.79. The molecule has 3 rings (SSSR count). The smallest absolute Gasteiger partial charge is 0.134 e. The summed E-state index contributed by atoms with van der Waals surface area (Å²) in [6.45, 7) is 1.68. The number of aryl methyl sites for hydroxylation is 1. The van der Waals surface area contributed by atoms with Gasteiger partial charge in [0.05, 0.1) is 6.04 Å². The number of halogens is 2. The van der Waals surface area contributed by atoms with Crippen molar-refractivity contribution in [1.29, 1.82) is 0 Å². The molecule has 4 heteroatoms. The van der Waals surface area contributed by atoms with Crippen LogP contribution in [0.5, 0.6) is 0 Å². The molecule has 20 heavy (non-hydrogen) atoms. The third-order valence-electron chi connectivity index (χ3n) is 3.36. The normalized spacial score (nSPS) is 12.8. The summed E-state index contributed by atoms with van der Waals surface area (Å²) in [7, 11) is 0. The van der Waals surface area contributed by atoms with Gasteiger partial charge in [0.15, 0.2) is 0 Å². The van der Waals surface area contributed by atoms with E-state index < -0.39 is 6.04 Å². The second-order valence-electron chi connectivity index (χ2n) is 4.79. The Bertz CT molecular complexity index is 779. The van der Waals surface area contributed by atoms with Crippen molar-refractivity contribution in [3.63, 3.8) is 0 Å². The van der Waals surface area contributed by atoms with Crippen LogP contribution in [-0.4, -0.2) is 0 Å². The van der Waals surface area contributed by atoms with Gasteiger partial charge in [-0.15, -0.1) is 0 Å². The van der Waals surface area contributed by atoms with Gasteiger partial charge < -0.3 is 10.2 Å². The van der Waals surface area contributed by atoms with Crippen molar-refractivity contribution in [3.05, 3.63) is 71.0 Å². The highest BCUT2D eigenvalue weighted by molar-refractivity contribution is 5.78. The van der Waals surface area contributed by atoms with Crippen molar-refractivity contribution in [3.8, 4) is 0 Å². The molecule has 0 spiro atoms. The highest BCUT2D eigenvalue weighted by Gasteiger charge is 2.18. The van der Waals surface area contributed by atoms with Gasteiger partial charge in [-0.3, -0.25) is 0 Å². The molecule has 0 radical (unpaired) electrons. The summed E-state index contributed by atoms with van der Waals surface area (Å²) in [5.74, 6) is -0.276. The molecular formula is C16H13F2NO. The molecule has 1 unspecified atom stereocenters. The van der Waals surface area contributed by atoms with Crippen molar-refractivity contribution in [2.75, 3.05) is 0 Å². The van der Waals surface area contributed by atoms with Crippen LogP contribution >= 0.6 is 0 Å². The first-order valence-electron chi connectivity index (χ1n) is 6.26. The molecule has 0 fully saturated rings. The van der Waals surface area contributed by atoms with E-state index in [9.17, 15) is 8.78 Å². The lowest BCUT2D eigenvalue weighted by molar-refractivity contribution is 0.508. The van der Waals surface area contributed by atoms with Crippen molar-refractivity contribution < 1.29 is 13.2 Å². The Hall–Kier alpha value is -2.20. The molecule has 1 heterocycles. The molecule has 102 valence electrons. The van der Waals surface area contributed by atoms with Gasteiger partial charge in [0.25, 0.3) is 0 Å². The Morgan fingerprint density at radius 2 is 1.90 bits per heavy atom. The fraction of sp³-hybridized carbons (Fsp3) is 0.125. The molecular weight excluding hydrogens is 260 g/mol. The summed E-state index contributed by atoms with van der Waals surface area (Å²) in [5.41, 5.74) is 7.49. The maximum absolute atomic E-state index is 14.1. The van der Waals surface area contributed by atoms with E-state index in [-0.39, 0.29) is 11.6 Å². The Balaban J connectivity index is 2.08. The number of benzene rings is 2. The molecule has 2 nitrogen and oxygen atoms in total.